The minimum atomic E-state index is -1.07. The van der Waals surface area contributed by atoms with Crippen LogP contribution in [0.3, 0.4) is 0 Å². The summed E-state index contributed by atoms with van der Waals surface area (Å²) in [5.41, 5.74) is 0.819. The van der Waals surface area contributed by atoms with Crippen LogP contribution in [-0.2, 0) is 6.54 Å². The third-order valence-electron chi connectivity index (χ3n) is 2.93. The molecule has 0 amide bonds. The van der Waals surface area contributed by atoms with E-state index in [1.54, 1.807) is 18.2 Å². The van der Waals surface area contributed by atoms with Gasteiger partial charge in [-0.25, -0.2) is 4.79 Å². The first-order valence-corrected chi connectivity index (χ1v) is 5.92. The predicted octanol–water partition coefficient (Wildman–Crippen LogP) is 2.42. The van der Waals surface area contributed by atoms with Gasteiger partial charge < -0.3 is 9.67 Å². The minimum Gasteiger partial charge on any atom is -0.477 e. The molecule has 4 nitrogen and oxygen atoms in total. The summed E-state index contributed by atoms with van der Waals surface area (Å²) in [5.74, 6) is -1.07. The molecule has 1 aromatic carbocycles. The van der Waals surface area contributed by atoms with Crippen LogP contribution in [-0.4, -0.2) is 15.6 Å². The number of aryl methyl sites for hydroxylation is 1. The molecule has 0 radical (unpaired) electrons. The fraction of sp³-hybridized carbons (Fsp3) is 0.286. The third kappa shape index (κ3) is 2.01. The number of carboxylic acid groups (broad SMARTS) is 1. The molecule has 0 unspecified atom stereocenters. The normalized spacial score (nSPS) is 10.8. The van der Waals surface area contributed by atoms with Gasteiger partial charge in [0.25, 0.3) is 5.56 Å². The summed E-state index contributed by atoms with van der Waals surface area (Å²) >= 11 is 0. The highest BCUT2D eigenvalue weighted by atomic mass is 16.4. The van der Waals surface area contributed by atoms with Gasteiger partial charge in [-0.15, -0.1) is 0 Å². The fourth-order valence-corrected chi connectivity index (χ4v) is 2.08. The maximum Gasteiger partial charge on any atom is 0.352 e. The average molecular weight is 245 g/mol. The monoisotopic (exact) mass is 245 g/mol. The minimum absolute atomic E-state index is 0.0539. The largest absolute Gasteiger partial charge is 0.477 e. The molecule has 0 saturated heterocycles. The molecular weight excluding hydrogens is 230 g/mol. The molecule has 0 bridgehead atoms. The molecule has 0 spiro atoms. The zero-order valence-electron chi connectivity index (χ0n) is 10.4. The lowest BCUT2D eigenvalue weighted by Gasteiger charge is -2.10. The number of fused-ring (bicyclic) bond motifs is 1. The molecule has 0 aliphatic heterocycles. The van der Waals surface area contributed by atoms with Gasteiger partial charge in [0.15, 0.2) is 0 Å². The molecular formula is C14H15NO3. The Morgan fingerprint density at radius 3 is 2.67 bits per heavy atom. The van der Waals surface area contributed by atoms with E-state index in [0.717, 1.165) is 12.0 Å². The highest BCUT2D eigenvalue weighted by Gasteiger charge is 2.13. The van der Waals surface area contributed by atoms with Gasteiger partial charge in [0.1, 0.15) is 5.69 Å². The molecule has 0 atom stereocenters. The Balaban J connectivity index is 2.85. The summed E-state index contributed by atoms with van der Waals surface area (Å²) in [4.78, 5) is 23.5. The van der Waals surface area contributed by atoms with Gasteiger partial charge in [0, 0.05) is 11.9 Å². The number of nitrogens with zero attached hydrogens (tertiary/aromatic N) is 1. The van der Waals surface area contributed by atoms with E-state index in [2.05, 4.69) is 0 Å². The van der Waals surface area contributed by atoms with Gasteiger partial charge in [-0.05, 0) is 30.9 Å². The molecule has 0 fully saturated rings. The summed E-state index contributed by atoms with van der Waals surface area (Å²) < 4.78 is 1.34. The number of hydrogen-bond acceptors (Lipinski definition) is 2. The maximum absolute atomic E-state index is 12.3. The number of aromatic carboxylic acids is 1. The van der Waals surface area contributed by atoms with Crippen LogP contribution < -0.4 is 5.56 Å². The van der Waals surface area contributed by atoms with E-state index in [0.29, 0.717) is 17.3 Å². The topological polar surface area (TPSA) is 59.3 Å². The van der Waals surface area contributed by atoms with Crippen molar-refractivity contribution in [3.05, 3.63) is 45.9 Å². The second kappa shape index (κ2) is 4.64. The predicted molar refractivity (Wildman–Crippen MR) is 70.2 cm³/mol. The number of benzene rings is 1. The lowest BCUT2D eigenvalue weighted by atomic mass is 10.1. The first kappa shape index (κ1) is 12.4. The first-order chi connectivity index (χ1) is 8.54. The molecule has 18 heavy (non-hydrogen) atoms. The third-order valence-corrected chi connectivity index (χ3v) is 2.93. The zero-order chi connectivity index (χ0) is 13.3. The van der Waals surface area contributed by atoms with Crippen molar-refractivity contribution < 1.29 is 9.90 Å². The first-order valence-electron chi connectivity index (χ1n) is 5.92. The standard InChI is InChI=1S/C14H15NO3/c1-3-6-15-12(14(17)18)8-10-5-4-9(2)7-11(10)13(15)16/h4-5,7-8H,3,6H2,1-2H3,(H,17,18). The van der Waals surface area contributed by atoms with E-state index in [1.165, 1.54) is 4.57 Å². The molecule has 1 heterocycles. The Morgan fingerprint density at radius 1 is 1.33 bits per heavy atom. The van der Waals surface area contributed by atoms with E-state index in [-0.39, 0.29) is 11.3 Å². The number of rotatable bonds is 3. The molecule has 1 N–H and O–H groups in total. The highest BCUT2D eigenvalue weighted by molar-refractivity contribution is 5.92. The molecule has 1 aromatic heterocycles. The summed E-state index contributed by atoms with van der Waals surface area (Å²) in [6.07, 6.45) is 0.720. The summed E-state index contributed by atoms with van der Waals surface area (Å²) in [5, 5.41) is 10.4. The van der Waals surface area contributed by atoms with Gasteiger partial charge in [-0.3, -0.25) is 4.79 Å². The van der Waals surface area contributed by atoms with Gasteiger partial charge in [0.2, 0.25) is 0 Å². The Hall–Kier alpha value is -2.10. The van der Waals surface area contributed by atoms with Gasteiger partial charge in [0.05, 0.1) is 0 Å². The maximum atomic E-state index is 12.3. The molecule has 2 rings (SSSR count). The van der Waals surface area contributed by atoms with E-state index in [9.17, 15) is 14.7 Å². The van der Waals surface area contributed by atoms with Crippen LogP contribution in [0.2, 0.25) is 0 Å². The van der Waals surface area contributed by atoms with Crippen molar-refractivity contribution in [3.63, 3.8) is 0 Å². The molecule has 0 aliphatic rings. The Bertz CT molecular complexity index is 671. The van der Waals surface area contributed by atoms with Crippen LogP contribution in [0, 0.1) is 6.92 Å². The Morgan fingerprint density at radius 2 is 2.06 bits per heavy atom. The van der Waals surface area contributed by atoms with Crippen molar-refractivity contribution in [2.24, 2.45) is 0 Å². The highest BCUT2D eigenvalue weighted by Crippen LogP contribution is 2.14. The number of carbonyl (C=O) groups is 1. The zero-order valence-corrected chi connectivity index (χ0v) is 10.4. The van der Waals surface area contributed by atoms with E-state index >= 15 is 0 Å². The Kier molecular flexibility index (Phi) is 3.19. The van der Waals surface area contributed by atoms with Crippen LogP contribution in [0.25, 0.3) is 10.8 Å². The quantitative estimate of drug-likeness (QED) is 0.903. The van der Waals surface area contributed by atoms with Crippen molar-refractivity contribution in [3.8, 4) is 0 Å². The lowest BCUT2D eigenvalue weighted by Crippen LogP contribution is -2.26. The van der Waals surface area contributed by atoms with E-state index in [4.69, 9.17) is 0 Å². The average Bonchev–Trinajstić information content (AvgIpc) is 2.33. The number of aromatic nitrogens is 1. The number of carboxylic acids is 1. The summed E-state index contributed by atoms with van der Waals surface area (Å²) in [6, 6.07) is 7.02. The Labute approximate surface area is 104 Å². The second-order valence-electron chi connectivity index (χ2n) is 4.38. The van der Waals surface area contributed by atoms with Crippen LogP contribution in [0.1, 0.15) is 29.4 Å². The SMILES string of the molecule is CCCn1c(C(=O)O)cc2ccc(C)cc2c1=O. The van der Waals surface area contributed by atoms with E-state index < -0.39 is 5.97 Å². The van der Waals surface area contributed by atoms with Crippen molar-refractivity contribution in [2.75, 3.05) is 0 Å². The molecule has 0 saturated carbocycles. The lowest BCUT2D eigenvalue weighted by molar-refractivity contribution is 0.0683. The van der Waals surface area contributed by atoms with Crippen molar-refractivity contribution >= 4 is 16.7 Å². The molecule has 4 heteroatoms. The second-order valence-corrected chi connectivity index (χ2v) is 4.38. The summed E-state index contributed by atoms with van der Waals surface area (Å²) in [7, 11) is 0. The van der Waals surface area contributed by atoms with Crippen LogP contribution in [0.4, 0.5) is 0 Å². The van der Waals surface area contributed by atoms with E-state index in [1.807, 2.05) is 19.9 Å². The molecule has 2 aromatic rings. The van der Waals surface area contributed by atoms with Gasteiger partial charge >= 0.3 is 5.97 Å². The van der Waals surface area contributed by atoms with Crippen molar-refractivity contribution in [2.45, 2.75) is 26.8 Å². The van der Waals surface area contributed by atoms with Crippen LogP contribution in [0.5, 0.6) is 0 Å². The van der Waals surface area contributed by atoms with Crippen LogP contribution in [0.15, 0.2) is 29.1 Å². The van der Waals surface area contributed by atoms with Crippen LogP contribution >= 0.6 is 0 Å². The van der Waals surface area contributed by atoms with Crippen molar-refractivity contribution in [1.82, 2.24) is 4.57 Å². The summed E-state index contributed by atoms with van der Waals surface area (Å²) in [6.45, 7) is 4.25. The smallest absolute Gasteiger partial charge is 0.352 e. The van der Waals surface area contributed by atoms with Gasteiger partial charge in [-0.2, -0.15) is 0 Å². The van der Waals surface area contributed by atoms with Crippen molar-refractivity contribution in [1.29, 1.82) is 0 Å². The van der Waals surface area contributed by atoms with Gasteiger partial charge in [-0.1, -0.05) is 24.6 Å². The molecule has 94 valence electrons. The molecule has 0 aliphatic carbocycles. The fourth-order valence-electron chi connectivity index (χ4n) is 2.08. The number of pyridine rings is 1. The number of hydrogen-bond donors (Lipinski definition) is 1.